The Morgan fingerprint density at radius 1 is 0.907 bits per heavy atom. The van der Waals surface area contributed by atoms with E-state index in [0.29, 0.717) is 29.8 Å². The number of esters is 1. The molecule has 0 aliphatic heterocycles. The summed E-state index contributed by atoms with van der Waals surface area (Å²) in [6.07, 6.45) is 11.3. The van der Waals surface area contributed by atoms with E-state index in [0.717, 1.165) is 38.0 Å². The van der Waals surface area contributed by atoms with Gasteiger partial charge in [-0.05, 0) is 98.5 Å². The average molecular weight is 589 g/mol. The summed E-state index contributed by atoms with van der Waals surface area (Å²) in [5, 5.41) is 19.4. The average Bonchev–Trinajstić information content (AvgIpc) is 3.33. The predicted molar refractivity (Wildman–Crippen MR) is 163 cm³/mol. The van der Waals surface area contributed by atoms with Gasteiger partial charge in [0, 0.05) is 24.3 Å². The van der Waals surface area contributed by atoms with Crippen molar-refractivity contribution in [2.45, 2.75) is 84.7 Å². The lowest BCUT2D eigenvalue weighted by Gasteiger charge is -2.57. The van der Waals surface area contributed by atoms with Gasteiger partial charge >= 0.3 is 5.97 Å². The first-order valence-electron chi connectivity index (χ1n) is 15.6. The fourth-order valence-corrected chi connectivity index (χ4v) is 8.59. The Labute approximate surface area is 254 Å². The van der Waals surface area contributed by atoms with Gasteiger partial charge in [0.15, 0.2) is 11.6 Å². The number of ketones is 2. The summed E-state index contributed by atoms with van der Waals surface area (Å²) in [5.41, 5.74) is 2.10. The van der Waals surface area contributed by atoms with Crippen molar-refractivity contribution < 1.29 is 34.1 Å². The minimum absolute atomic E-state index is 0.0411. The van der Waals surface area contributed by atoms with Gasteiger partial charge in [-0.2, -0.15) is 0 Å². The van der Waals surface area contributed by atoms with E-state index in [1.807, 2.05) is 13.0 Å². The first-order valence-corrected chi connectivity index (χ1v) is 15.6. The highest BCUT2D eigenvalue weighted by atomic mass is 16.5. The van der Waals surface area contributed by atoms with E-state index < -0.39 is 5.78 Å². The van der Waals surface area contributed by atoms with Crippen LogP contribution in [0.5, 0.6) is 17.2 Å². The predicted octanol–water partition coefficient (Wildman–Crippen LogP) is 7.18. The fourth-order valence-electron chi connectivity index (χ4n) is 8.59. The molecule has 0 aromatic heterocycles. The number of carbonyl (C=O) groups is 3. The number of allylic oxidation sites excluding steroid dienone is 1. The summed E-state index contributed by atoms with van der Waals surface area (Å²) < 4.78 is 10.8. The Morgan fingerprint density at radius 2 is 1.65 bits per heavy atom. The van der Waals surface area contributed by atoms with Crippen LogP contribution in [0.1, 0.15) is 94.5 Å². The van der Waals surface area contributed by atoms with E-state index >= 15 is 0 Å². The van der Waals surface area contributed by atoms with Crippen molar-refractivity contribution in [2.75, 3.05) is 7.11 Å². The second kappa shape index (κ2) is 12.2. The van der Waals surface area contributed by atoms with Crippen molar-refractivity contribution in [2.24, 2.45) is 28.6 Å². The number of phenolic OH excluding ortho intramolecular Hbond substituents is 2. The third-order valence-corrected chi connectivity index (χ3v) is 11.0. The van der Waals surface area contributed by atoms with Crippen LogP contribution < -0.4 is 4.74 Å². The molecule has 7 nitrogen and oxygen atoms in total. The summed E-state index contributed by atoms with van der Waals surface area (Å²) in [6, 6.07) is 10.6. The zero-order valence-corrected chi connectivity index (χ0v) is 25.7. The molecule has 4 aliphatic carbocycles. The maximum atomic E-state index is 12.1. The van der Waals surface area contributed by atoms with Crippen molar-refractivity contribution in [3.05, 3.63) is 65.2 Å². The van der Waals surface area contributed by atoms with E-state index in [9.17, 15) is 24.6 Å². The lowest BCUT2D eigenvalue weighted by Crippen LogP contribution is -2.51. The maximum Gasteiger partial charge on any atom is 0.305 e. The molecule has 43 heavy (non-hydrogen) atoms. The number of para-hydroxylation sites is 1. The summed E-state index contributed by atoms with van der Waals surface area (Å²) in [6.45, 7) is 6.69. The molecule has 230 valence electrons. The third kappa shape index (κ3) is 5.71. The molecule has 0 bridgehead atoms. The van der Waals surface area contributed by atoms with E-state index in [2.05, 4.69) is 13.8 Å². The molecule has 0 spiro atoms. The second-order valence-corrected chi connectivity index (χ2v) is 13.2. The maximum absolute atomic E-state index is 12.1. The van der Waals surface area contributed by atoms with E-state index in [4.69, 9.17) is 9.47 Å². The van der Waals surface area contributed by atoms with Gasteiger partial charge in [0.25, 0.3) is 0 Å². The Balaban J connectivity index is 0.000000181. The van der Waals surface area contributed by atoms with Crippen LogP contribution in [-0.2, 0) is 14.3 Å². The molecule has 2 aromatic carbocycles. The van der Waals surface area contributed by atoms with Gasteiger partial charge in [-0.1, -0.05) is 38.5 Å². The van der Waals surface area contributed by atoms with Crippen LogP contribution in [-0.4, -0.2) is 41.0 Å². The Kier molecular flexibility index (Phi) is 8.73. The van der Waals surface area contributed by atoms with E-state index in [1.165, 1.54) is 56.2 Å². The standard InChI is InChI=1S/C22H32O3.C14H12O4/c1-4-20(24)25-19-8-7-17-16-6-5-14-13-15(23)9-11-21(14,2)18(16)10-12-22(17,19)3;1-18-9-6-7-11(13(16)8-9)14(17)10-4-2-3-5-12(10)15/h13,16-19H,4-12H2,1-3H3;2-8,15-16H,1H3. The Hall–Kier alpha value is -3.61. The number of hydrogen-bond acceptors (Lipinski definition) is 7. The van der Waals surface area contributed by atoms with Crippen LogP contribution in [0.15, 0.2) is 54.1 Å². The Morgan fingerprint density at radius 3 is 2.35 bits per heavy atom. The first-order chi connectivity index (χ1) is 20.5. The zero-order valence-electron chi connectivity index (χ0n) is 25.7. The number of phenols is 2. The molecule has 0 radical (unpaired) electrons. The number of hydrogen-bond donors (Lipinski definition) is 2. The monoisotopic (exact) mass is 588 g/mol. The number of carbonyl (C=O) groups excluding carboxylic acids is 3. The molecule has 6 unspecified atom stereocenters. The quantitative estimate of drug-likeness (QED) is 0.281. The molecule has 7 heteroatoms. The highest BCUT2D eigenvalue weighted by molar-refractivity contribution is 6.12. The molecule has 6 atom stereocenters. The number of fused-ring (bicyclic) bond motifs is 5. The van der Waals surface area contributed by atoms with Crippen molar-refractivity contribution in [1.29, 1.82) is 0 Å². The van der Waals surface area contributed by atoms with E-state index in [-0.39, 0.29) is 45.5 Å². The van der Waals surface area contributed by atoms with Gasteiger partial charge in [-0.25, -0.2) is 0 Å². The summed E-state index contributed by atoms with van der Waals surface area (Å²) in [5.74, 6) is 2.14. The topological polar surface area (TPSA) is 110 Å². The summed E-state index contributed by atoms with van der Waals surface area (Å²) in [7, 11) is 1.47. The minimum Gasteiger partial charge on any atom is -0.507 e. The first kappa shape index (κ1) is 30.8. The van der Waals surface area contributed by atoms with Crippen LogP contribution in [0.25, 0.3) is 0 Å². The highest BCUT2D eigenvalue weighted by Gasteiger charge is 2.59. The lowest BCUT2D eigenvalue weighted by molar-refractivity contribution is -0.159. The number of rotatable bonds is 5. The second-order valence-electron chi connectivity index (χ2n) is 13.2. The molecule has 6 rings (SSSR count). The van der Waals surface area contributed by atoms with Crippen molar-refractivity contribution in [3.63, 3.8) is 0 Å². The smallest absolute Gasteiger partial charge is 0.305 e. The van der Waals surface area contributed by atoms with Gasteiger partial charge in [-0.15, -0.1) is 0 Å². The van der Waals surface area contributed by atoms with Crippen molar-refractivity contribution in [3.8, 4) is 17.2 Å². The van der Waals surface area contributed by atoms with Crippen LogP contribution in [0.4, 0.5) is 0 Å². The van der Waals surface area contributed by atoms with Gasteiger partial charge in [-0.3, -0.25) is 14.4 Å². The molecule has 3 saturated carbocycles. The van der Waals surface area contributed by atoms with Crippen molar-refractivity contribution in [1.82, 2.24) is 0 Å². The van der Waals surface area contributed by atoms with Gasteiger partial charge in [0.05, 0.1) is 18.2 Å². The minimum atomic E-state index is -0.437. The molecule has 2 aromatic rings. The zero-order chi connectivity index (χ0) is 30.9. The number of aromatic hydroxyl groups is 2. The fraction of sp³-hybridized carbons (Fsp3) is 0.528. The summed E-state index contributed by atoms with van der Waals surface area (Å²) >= 11 is 0. The lowest BCUT2D eigenvalue weighted by atomic mass is 9.47. The molecular weight excluding hydrogens is 544 g/mol. The number of ether oxygens (including phenoxy) is 2. The third-order valence-electron chi connectivity index (χ3n) is 11.0. The molecular formula is C36H44O7. The molecule has 0 heterocycles. The normalized spacial score (nSPS) is 30.9. The van der Waals surface area contributed by atoms with Crippen LogP contribution in [0, 0.1) is 28.6 Å². The SMILES string of the molecule is CCC(=O)OC1CCC2C3CCC4=CC(=O)CCC4(C)C3CCC12C.COc1ccc(C(=O)c2ccccc2O)c(O)c1. The number of methoxy groups -OCH3 is 1. The van der Waals surface area contributed by atoms with Crippen LogP contribution in [0.3, 0.4) is 0 Å². The number of benzene rings is 2. The van der Waals surface area contributed by atoms with Crippen molar-refractivity contribution >= 4 is 17.5 Å². The molecule has 2 N–H and O–H groups in total. The van der Waals surface area contributed by atoms with Gasteiger partial charge in [0.1, 0.15) is 23.4 Å². The van der Waals surface area contributed by atoms with E-state index in [1.54, 1.807) is 18.2 Å². The molecule has 0 saturated heterocycles. The van der Waals surface area contributed by atoms with Crippen LogP contribution in [0.2, 0.25) is 0 Å². The van der Waals surface area contributed by atoms with Gasteiger partial charge < -0.3 is 19.7 Å². The largest absolute Gasteiger partial charge is 0.507 e. The molecule has 3 fully saturated rings. The highest BCUT2D eigenvalue weighted by Crippen LogP contribution is 2.65. The molecule has 4 aliphatic rings. The Bertz CT molecular complexity index is 1430. The summed E-state index contributed by atoms with van der Waals surface area (Å²) in [4.78, 5) is 35.9. The van der Waals surface area contributed by atoms with Crippen LogP contribution >= 0.6 is 0 Å². The van der Waals surface area contributed by atoms with Gasteiger partial charge in [0.2, 0.25) is 0 Å². The molecule has 0 amide bonds.